The monoisotopic (exact) mass is 283 g/mol. The lowest BCUT2D eigenvalue weighted by Gasteiger charge is -2.24. The molecular weight excluding hydrogens is 268 g/mol. The summed E-state index contributed by atoms with van der Waals surface area (Å²) in [4.78, 5) is 23.2. The van der Waals surface area contributed by atoms with Crippen LogP contribution in [-0.2, 0) is 4.79 Å². The van der Waals surface area contributed by atoms with Crippen molar-refractivity contribution in [2.75, 3.05) is 6.54 Å². The van der Waals surface area contributed by atoms with E-state index in [9.17, 15) is 23.5 Å². The highest BCUT2D eigenvalue weighted by molar-refractivity contribution is 5.98. The second-order valence-electron chi connectivity index (χ2n) is 5.03. The predicted octanol–water partition coefficient (Wildman–Crippen LogP) is 2.13. The van der Waals surface area contributed by atoms with Crippen LogP contribution >= 0.6 is 0 Å². The van der Waals surface area contributed by atoms with Crippen LogP contribution in [-0.4, -0.2) is 28.9 Å². The van der Waals surface area contributed by atoms with Gasteiger partial charge in [0.15, 0.2) is 5.78 Å². The molecule has 1 fully saturated rings. The molecule has 1 aromatic carbocycles. The number of halogens is 2. The van der Waals surface area contributed by atoms with Crippen LogP contribution in [0, 0.1) is 11.6 Å². The number of hydrogen-bond donors (Lipinski definition) is 2. The van der Waals surface area contributed by atoms with Gasteiger partial charge >= 0.3 is 5.97 Å². The van der Waals surface area contributed by atoms with Crippen molar-refractivity contribution >= 4 is 11.8 Å². The smallest absolute Gasteiger partial charge is 0.323 e. The molecule has 0 saturated heterocycles. The zero-order chi connectivity index (χ0) is 14.8. The van der Waals surface area contributed by atoms with E-state index in [1.54, 1.807) is 0 Å². The molecule has 1 saturated carbocycles. The maximum atomic E-state index is 13.0. The Kier molecular flexibility index (Phi) is 4.13. The summed E-state index contributed by atoms with van der Waals surface area (Å²) < 4.78 is 26.1. The average molecular weight is 283 g/mol. The van der Waals surface area contributed by atoms with Gasteiger partial charge in [-0.1, -0.05) is 12.8 Å². The maximum Gasteiger partial charge on any atom is 0.323 e. The molecular formula is C14H15F2NO3. The average Bonchev–Trinajstić information content (AvgIpc) is 2.84. The van der Waals surface area contributed by atoms with Crippen LogP contribution < -0.4 is 5.32 Å². The maximum absolute atomic E-state index is 13.0. The van der Waals surface area contributed by atoms with E-state index < -0.39 is 28.9 Å². The molecule has 0 amide bonds. The van der Waals surface area contributed by atoms with Crippen LogP contribution in [0.2, 0.25) is 0 Å². The molecule has 0 aliphatic heterocycles. The number of hydrogen-bond acceptors (Lipinski definition) is 3. The van der Waals surface area contributed by atoms with E-state index in [1.807, 2.05) is 0 Å². The van der Waals surface area contributed by atoms with E-state index >= 15 is 0 Å². The lowest BCUT2D eigenvalue weighted by atomic mass is 9.97. The van der Waals surface area contributed by atoms with Crippen molar-refractivity contribution in [2.24, 2.45) is 0 Å². The van der Waals surface area contributed by atoms with Gasteiger partial charge in [0.2, 0.25) is 0 Å². The lowest BCUT2D eigenvalue weighted by Crippen LogP contribution is -2.51. The van der Waals surface area contributed by atoms with E-state index in [1.165, 1.54) is 0 Å². The Morgan fingerprint density at radius 3 is 2.20 bits per heavy atom. The Morgan fingerprint density at radius 2 is 1.70 bits per heavy atom. The van der Waals surface area contributed by atoms with E-state index in [2.05, 4.69) is 5.32 Å². The Bertz CT molecular complexity index is 519. The second kappa shape index (κ2) is 5.66. The van der Waals surface area contributed by atoms with Crippen molar-refractivity contribution < 1.29 is 23.5 Å². The highest BCUT2D eigenvalue weighted by Crippen LogP contribution is 2.29. The number of Topliss-reactive ketones (excluding diaryl/α,β-unsaturated/α-hetero) is 1. The van der Waals surface area contributed by atoms with Crippen molar-refractivity contribution in [3.05, 3.63) is 35.4 Å². The third kappa shape index (κ3) is 3.01. The molecule has 0 unspecified atom stereocenters. The fourth-order valence-electron chi connectivity index (χ4n) is 2.51. The van der Waals surface area contributed by atoms with Gasteiger partial charge < -0.3 is 5.11 Å². The minimum absolute atomic E-state index is 0.103. The summed E-state index contributed by atoms with van der Waals surface area (Å²) in [5.41, 5.74) is -1.20. The SMILES string of the molecule is O=C(CNC1(C(=O)O)CCCC1)c1cc(F)cc(F)c1. The summed E-state index contributed by atoms with van der Waals surface area (Å²) >= 11 is 0. The van der Waals surface area contributed by atoms with E-state index in [0.717, 1.165) is 25.0 Å². The van der Waals surface area contributed by atoms with Gasteiger partial charge in [-0.15, -0.1) is 0 Å². The molecule has 0 heterocycles. The van der Waals surface area contributed by atoms with Gasteiger partial charge in [0.05, 0.1) is 6.54 Å². The summed E-state index contributed by atoms with van der Waals surface area (Å²) in [6.45, 7) is -0.255. The van der Waals surface area contributed by atoms with E-state index in [-0.39, 0.29) is 12.1 Å². The summed E-state index contributed by atoms with van der Waals surface area (Å²) in [5.74, 6) is -3.19. The highest BCUT2D eigenvalue weighted by atomic mass is 19.1. The zero-order valence-electron chi connectivity index (χ0n) is 10.8. The Balaban J connectivity index is 2.06. The van der Waals surface area contributed by atoms with Crippen LogP contribution in [0.1, 0.15) is 36.0 Å². The largest absolute Gasteiger partial charge is 0.480 e. The quantitative estimate of drug-likeness (QED) is 0.812. The van der Waals surface area contributed by atoms with Gasteiger partial charge in [0.25, 0.3) is 0 Å². The van der Waals surface area contributed by atoms with Crippen LogP contribution in [0.4, 0.5) is 8.78 Å². The third-order valence-electron chi connectivity index (χ3n) is 3.64. The van der Waals surface area contributed by atoms with Crippen LogP contribution in [0.25, 0.3) is 0 Å². The topological polar surface area (TPSA) is 66.4 Å². The second-order valence-corrected chi connectivity index (χ2v) is 5.03. The first-order valence-electron chi connectivity index (χ1n) is 6.41. The predicted molar refractivity (Wildman–Crippen MR) is 67.5 cm³/mol. The molecule has 2 N–H and O–H groups in total. The minimum Gasteiger partial charge on any atom is -0.480 e. The van der Waals surface area contributed by atoms with Gasteiger partial charge in [-0.2, -0.15) is 0 Å². The molecule has 108 valence electrons. The van der Waals surface area contributed by atoms with Crippen molar-refractivity contribution in [3.8, 4) is 0 Å². The molecule has 20 heavy (non-hydrogen) atoms. The number of ketones is 1. The van der Waals surface area contributed by atoms with Gasteiger partial charge in [0.1, 0.15) is 17.2 Å². The summed E-state index contributed by atoms with van der Waals surface area (Å²) in [6.07, 6.45) is 2.46. The highest BCUT2D eigenvalue weighted by Gasteiger charge is 2.41. The fraction of sp³-hybridized carbons (Fsp3) is 0.429. The number of carbonyl (C=O) groups is 2. The number of nitrogens with one attached hydrogen (secondary N) is 1. The fourth-order valence-corrected chi connectivity index (χ4v) is 2.51. The molecule has 1 aromatic rings. The molecule has 0 aromatic heterocycles. The molecule has 1 aliphatic rings. The number of carbonyl (C=O) groups excluding carboxylic acids is 1. The first-order chi connectivity index (χ1) is 9.43. The molecule has 2 rings (SSSR count). The molecule has 0 bridgehead atoms. The minimum atomic E-state index is -1.10. The first kappa shape index (κ1) is 14.6. The van der Waals surface area contributed by atoms with Gasteiger partial charge in [-0.05, 0) is 25.0 Å². The number of aliphatic carboxylic acids is 1. The Morgan fingerprint density at radius 1 is 1.15 bits per heavy atom. The number of carboxylic acids is 1. The molecule has 4 nitrogen and oxygen atoms in total. The first-order valence-corrected chi connectivity index (χ1v) is 6.41. The third-order valence-corrected chi connectivity index (χ3v) is 3.64. The van der Waals surface area contributed by atoms with Crippen molar-refractivity contribution in [1.82, 2.24) is 5.32 Å². The van der Waals surface area contributed by atoms with E-state index in [0.29, 0.717) is 18.9 Å². The van der Waals surface area contributed by atoms with Crippen molar-refractivity contribution in [1.29, 1.82) is 0 Å². The Labute approximate surface area is 114 Å². The summed E-state index contributed by atoms with van der Waals surface area (Å²) in [6, 6.07) is 2.56. The Hall–Kier alpha value is -1.82. The standard InChI is InChI=1S/C14H15F2NO3/c15-10-5-9(6-11(16)7-10)12(18)8-17-14(13(19)20)3-1-2-4-14/h5-7,17H,1-4,8H2,(H,19,20). The van der Waals surface area contributed by atoms with Crippen molar-refractivity contribution in [3.63, 3.8) is 0 Å². The molecule has 1 aliphatic carbocycles. The molecule has 0 atom stereocenters. The van der Waals surface area contributed by atoms with E-state index in [4.69, 9.17) is 0 Å². The molecule has 0 spiro atoms. The molecule has 6 heteroatoms. The van der Waals surface area contributed by atoms with Crippen molar-refractivity contribution in [2.45, 2.75) is 31.2 Å². The van der Waals surface area contributed by atoms with Gasteiger partial charge in [-0.3, -0.25) is 14.9 Å². The van der Waals surface area contributed by atoms with Gasteiger partial charge in [-0.25, -0.2) is 8.78 Å². The lowest BCUT2D eigenvalue weighted by molar-refractivity contribution is -0.144. The zero-order valence-corrected chi connectivity index (χ0v) is 10.8. The van der Waals surface area contributed by atoms with Crippen LogP contribution in [0.3, 0.4) is 0 Å². The summed E-state index contributed by atoms with van der Waals surface area (Å²) in [7, 11) is 0. The number of rotatable bonds is 5. The molecule has 0 radical (unpaired) electrons. The summed E-state index contributed by atoms with van der Waals surface area (Å²) in [5, 5.41) is 12.0. The van der Waals surface area contributed by atoms with Crippen LogP contribution in [0.5, 0.6) is 0 Å². The van der Waals surface area contributed by atoms with Crippen LogP contribution in [0.15, 0.2) is 18.2 Å². The normalized spacial score (nSPS) is 17.1. The van der Waals surface area contributed by atoms with Gasteiger partial charge in [0, 0.05) is 11.6 Å². The number of carboxylic acid groups (broad SMARTS) is 1. The number of benzene rings is 1.